The molecule has 0 bridgehead atoms. The van der Waals surface area contributed by atoms with E-state index in [1.54, 1.807) is 24.7 Å². The summed E-state index contributed by atoms with van der Waals surface area (Å²) in [4.78, 5) is 35.5. The average molecular weight is 593 g/mol. The Balaban J connectivity index is 1.38. The van der Waals surface area contributed by atoms with Gasteiger partial charge in [0.2, 0.25) is 5.95 Å². The summed E-state index contributed by atoms with van der Waals surface area (Å²) < 4.78 is 20.4. The second kappa shape index (κ2) is 13.5. The van der Waals surface area contributed by atoms with Crippen molar-refractivity contribution in [2.75, 3.05) is 31.3 Å². The lowest BCUT2D eigenvalue weighted by atomic mass is 9.93. The van der Waals surface area contributed by atoms with Crippen LogP contribution in [0.1, 0.15) is 39.5 Å². The topological polar surface area (TPSA) is 167 Å². The molecule has 1 aliphatic heterocycles. The van der Waals surface area contributed by atoms with Crippen LogP contribution in [0.3, 0.4) is 0 Å². The first-order valence-electron chi connectivity index (χ1n) is 13.1. The predicted molar refractivity (Wildman–Crippen MR) is 155 cm³/mol. The van der Waals surface area contributed by atoms with Crippen LogP contribution in [0.15, 0.2) is 41.5 Å². The quantitative estimate of drug-likeness (QED) is 0.170. The van der Waals surface area contributed by atoms with E-state index < -0.39 is 25.7 Å². The first-order chi connectivity index (χ1) is 19.1. The fourth-order valence-electron chi connectivity index (χ4n) is 4.20. The summed E-state index contributed by atoms with van der Waals surface area (Å²) in [6, 6.07) is 9.93. The lowest BCUT2D eigenvalue weighted by molar-refractivity contribution is -0.119. The van der Waals surface area contributed by atoms with Crippen molar-refractivity contribution in [2.24, 2.45) is 17.3 Å². The van der Waals surface area contributed by atoms with E-state index in [2.05, 4.69) is 33.9 Å². The van der Waals surface area contributed by atoms with Gasteiger partial charge in [0, 0.05) is 18.2 Å². The number of thioether (sulfide) groups is 1. The fourth-order valence-corrected chi connectivity index (χ4v) is 6.24. The molecule has 0 radical (unpaired) electrons. The van der Waals surface area contributed by atoms with Crippen molar-refractivity contribution in [1.29, 1.82) is 0 Å². The fraction of sp³-hybridized carbons (Fsp3) is 0.538. The SMILES string of the molecule is CC1C(COP(NCc2ccccc2)OCCSC(=O)C(C)(C)CO)OC(n2cnc3c(=O)[nH]c(N)nc32)C1C. The van der Waals surface area contributed by atoms with Crippen LogP contribution in [0.25, 0.3) is 11.2 Å². The number of aromatic amines is 1. The number of nitrogens with two attached hydrogens (primary N) is 1. The minimum absolute atomic E-state index is 0.0184. The highest BCUT2D eigenvalue weighted by Gasteiger charge is 2.41. The number of aromatic nitrogens is 4. The number of nitrogens with one attached hydrogen (secondary N) is 2. The summed E-state index contributed by atoms with van der Waals surface area (Å²) in [6.07, 6.45) is 0.909. The van der Waals surface area contributed by atoms with Crippen LogP contribution in [0.2, 0.25) is 0 Å². The van der Waals surface area contributed by atoms with Crippen LogP contribution in [0.5, 0.6) is 0 Å². The van der Waals surface area contributed by atoms with Crippen molar-refractivity contribution >= 4 is 42.5 Å². The largest absolute Gasteiger partial charge is 0.395 e. The summed E-state index contributed by atoms with van der Waals surface area (Å²) in [5.41, 5.74) is 6.24. The van der Waals surface area contributed by atoms with E-state index in [1.807, 2.05) is 30.3 Å². The molecule has 4 rings (SSSR count). The molecule has 0 saturated carbocycles. The van der Waals surface area contributed by atoms with Crippen LogP contribution < -0.4 is 16.4 Å². The molecule has 2 aromatic heterocycles. The number of aliphatic hydroxyl groups excluding tert-OH is 1. The van der Waals surface area contributed by atoms with Crippen LogP contribution >= 0.6 is 20.3 Å². The minimum Gasteiger partial charge on any atom is -0.395 e. The summed E-state index contributed by atoms with van der Waals surface area (Å²) in [5, 5.41) is 12.7. The molecule has 12 nitrogen and oxygen atoms in total. The Morgan fingerprint density at radius 3 is 2.75 bits per heavy atom. The highest BCUT2D eigenvalue weighted by Crippen LogP contribution is 2.42. The van der Waals surface area contributed by atoms with Gasteiger partial charge in [-0.3, -0.25) is 19.1 Å². The number of hydrogen-bond donors (Lipinski definition) is 4. The number of hydrogen-bond acceptors (Lipinski definition) is 11. The van der Waals surface area contributed by atoms with Gasteiger partial charge in [0.25, 0.3) is 14.1 Å². The molecule has 14 heteroatoms. The van der Waals surface area contributed by atoms with Crippen molar-refractivity contribution in [3.05, 3.63) is 52.6 Å². The molecular formula is C26H37N6O6PS. The second-order valence-electron chi connectivity index (χ2n) is 10.4. The number of rotatable bonds is 13. The van der Waals surface area contributed by atoms with Gasteiger partial charge in [-0.2, -0.15) is 4.98 Å². The Morgan fingerprint density at radius 2 is 2.02 bits per heavy atom. The van der Waals surface area contributed by atoms with Gasteiger partial charge in [-0.25, -0.2) is 10.1 Å². The highest BCUT2D eigenvalue weighted by atomic mass is 32.2. The highest BCUT2D eigenvalue weighted by molar-refractivity contribution is 8.13. The van der Waals surface area contributed by atoms with E-state index in [9.17, 15) is 14.7 Å². The van der Waals surface area contributed by atoms with E-state index in [1.165, 1.54) is 0 Å². The number of fused-ring (bicyclic) bond motifs is 1. The number of anilines is 1. The summed E-state index contributed by atoms with van der Waals surface area (Å²) in [6.45, 7) is 8.53. The Bertz CT molecular complexity index is 1340. The van der Waals surface area contributed by atoms with Gasteiger partial charge in [-0.15, -0.1) is 0 Å². The third-order valence-corrected chi connectivity index (χ3v) is 9.39. The maximum Gasteiger partial charge on any atom is 0.280 e. The normalized spacial score (nSPS) is 22.1. The molecule has 0 amide bonds. The van der Waals surface area contributed by atoms with Gasteiger partial charge in [0.1, 0.15) is 6.23 Å². The molecule has 0 spiro atoms. The Kier molecular flexibility index (Phi) is 10.3. The summed E-state index contributed by atoms with van der Waals surface area (Å²) >= 11 is 1.14. The van der Waals surface area contributed by atoms with Crippen LogP contribution in [-0.2, 0) is 25.1 Å². The Hall–Kier alpha value is -2.38. The monoisotopic (exact) mass is 592 g/mol. The van der Waals surface area contributed by atoms with Gasteiger partial charge in [-0.1, -0.05) is 55.9 Å². The molecule has 5 N–H and O–H groups in total. The molecule has 5 atom stereocenters. The van der Waals surface area contributed by atoms with Crippen LogP contribution in [0, 0.1) is 17.3 Å². The van der Waals surface area contributed by atoms with Gasteiger partial charge < -0.3 is 24.6 Å². The van der Waals surface area contributed by atoms with Gasteiger partial charge in [0.05, 0.1) is 37.7 Å². The van der Waals surface area contributed by atoms with E-state index >= 15 is 0 Å². The van der Waals surface area contributed by atoms with E-state index in [0.29, 0.717) is 24.6 Å². The number of aliphatic hydroxyl groups is 1. The number of ether oxygens (including phenoxy) is 1. The van der Waals surface area contributed by atoms with Gasteiger partial charge >= 0.3 is 0 Å². The number of H-pyrrole nitrogens is 1. The Labute approximate surface area is 238 Å². The maximum absolute atomic E-state index is 12.3. The maximum atomic E-state index is 12.3. The first kappa shape index (κ1) is 30.6. The average Bonchev–Trinajstić information content (AvgIpc) is 3.48. The molecule has 218 valence electrons. The molecule has 1 aliphatic rings. The van der Waals surface area contributed by atoms with Gasteiger partial charge in [0.15, 0.2) is 16.3 Å². The lowest BCUT2D eigenvalue weighted by Crippen LogP contribution is -2.26. The third-order valence-electron chi connectivity index (χ3n) is 6.99. The number of nitrogen functional groups attached to an aromatic ring is 1. The van der Waals surface area contributed by atoms with Crippen LogP contribution in [-0.4, -0.2) is 61.4 Å². The molecule has 3 heterocycles. The number of nitrogens with zero attached hydrogens (tertiary/aromatic N) is 3. The molecule has 5 unspecified atom stereocenters. The standard InChI is InChI=1S/C26H37N6O6PS/c1-16-17(2)23(32-15-28-20-21(32)30-25(27)31-22(20)34)38-19(16)13-37-39(29-12-18-8-6-5-7-9-18)36-10-11-40-24(35)26(3,4)14-33/h5-9,15-17,19,23,29,33H,10-14H2,1-4H3,(H3,27,30,31,34). The molecule has 1 saturated heterocycles. The number of carbonyl (C=O) groups excluding carboxylic acids is 1. The molecule has 1 fully saturated rings. The Morgan fingerprint density at radius 1 is 1.27 bits per heavy atom. The molecular weight excluding hydrogens is 555 g/mol. The number of benzene rings is 1. The summed E-state index contributed by atoms with van der Waals surface area (Å²) in [7, 11) is -1.49. The minimum atomic E-state index is -1.49. The molecule has 40 heavy (non-hydrogen) atoms. The van der Waals surface area contributed by atoms with Crippen molar-refractivity contribution in [3.63, 3.8) is 0 Å². The van der Waals surface area contributed by atoms with Crippen molar-refractivity contribution in [1.82, 2.24) is 24.6 Å². The number of imidazole rings is 1. The van der Waals surface area contributed by atoms with Crippen LogP contribution in [0.4, 0.5) is 5.95 Å². The smallest absolute Gasteiger partial charge is 0.280 e. The zero-order chi connectivity index (χ0) is 28.9. The first-order valence-corrected chi connectivity index (χ1v) is 15.3. The molecule has 0 aliphatic carbocycles. The van der Waals surface area contributed by atoms with E-state index in [4.69, 9.17) is 19.5 Å². The summed E-state index contributed by atoms with van der Waals surface area (Å²) in [5.74, 6) is 0.664. The molecule has 3 aromatic rings. The third kappa shape index (κ3) is 7.27. The zero-order valence-corrected chi connectivity index (χ0v) is 24.8. The van der Waals surface area contributed by atoms with Crippen molar-refractivity contribution < 1.29 is 23.7 Å². The van der Waals surface area contributed by atoms with E-state index in [0.717, 1.165) is 17.3 Å². The van der Waals surface area contributed by atoms with Crippen molar-refractivity contribution in [3.8, 4) is 0 Å². The van der Waals surface area contributed by atoms with E-state index in [-0.39, 0.29) is 47.7 Å². The number of carbonyl (C=O) groups is 1. The molecule has 1 aromatic carbocycles. The predicted octanol–water partition coefficient (Wildman–Crippen LogP) is 3.20. The zero-order valence-electron chi connectivity index (χ0n) is 23.1. The van der Waals surface area contributed by atoms with Crippen molar-refractivity contribution in [2.45, 2.75) is 46.6 Å². The van der Waals surface area contributed by atoms with Gasteiger partial charge in [-0.05, 0) is 25.3 Å². The second-order valence-corrected chi connectivity index (χ2v) is 12.9. The lowest BCUT2D eigenvalue weighted by Gasteiger charge is -2.22.